The Kier molecular flexibility index (Phi) is 5.91. The van der Waals surface area contributed by atoms with Crippen LogP contribution in [0.5, 0.6) is 5.75 Å². The maximum absolute atomic E-state index is 13.6. The zero-order valence-corrected chi connectivity index (χ0v) is 17.3. The Hall–Kier alpha value is -2.25. The Labute approximate surface area is 160 Å². The molecule has 0 unspecified atom stereocenters. The number of hydrogen-bond donors (Lipinski definition) is 0. The van der Waals surface area contributed by atoms with E-state index in [1.54, 1.807) is 6.07 Å². The van der Waals surface area contributed by atoms with E-state index in [9.17, 15) is 4.39 Å². The number of hydrogen-bond acceptors (Lipinski definition) is 4. The van der Waals surface area contributed by atoms with Crippen LogP contribution in [0.25, 0.3) is 22.2 Å². The molecule has 7 heteroatoms. The highest BCUT2D eigenvalue weighted by molar-refractivity contribution is 6.76. The van der Waals surface area contributed by atoms with Gasteiger partial charge in [0.05, 0.1) is 12.1 Å². The minimum absolute atomic E-state index is 0.364. The summed E-state index contributed by atoms with van der Waals surface area (Å²) in [5.74, 6) is 0.238. The predicted octanol–water partition coefficient (Wildman–Crippen LogP) is 4.95. The van der Waals surface area contributed by atoms with E-state index in [0.29, 0.717) is 31.2 Å². The van der Waals surface area contributed by atoms with Crippen molar-refractivity contribution in [1.29, 1.82) is 0 Å². The number of rotatable bonds is 8. The topological polar surface area (TPSA) is 49.2 Å². The molecule has 0 aliphatic rings. The standard InChI is InChI=1S/C20H26FN3O2Si/c1-5-26-16-6-7-18-17(13-16)20(15-8-9-22-19(21)12-15)23-24(18)14-25-10-11-27(2,3)4/h6-9,12-13H,5,10-11,14H2,1-4H3. The van der Waals surface area contributed by atoms with E-state index in [2.05, 4.69) is 29.7 Å². The number of halogens is 1. The van der Waals surface area contributed by atoms with Crippen LogP contribution in [-0.2, 0) is 11.5 Å². The first-order valence-corrected chi connectivity index (χ1v) is 12.9. The Balaban J connectivity index is 1.94. The van der Waals surface area contributed by atoms with Gasteiger partial charge in [0.15, 0.2) is 0 Å². The molecule has 0 bridgehead atoms. The van der Waals surface area contributed by atoms with E-state index in [1.165, 1.54) is 12.3 Å². The van der Waals surface area contributed by atoms with Gasteiger partial charge in [0.2, 0.25) is 5.95 Å². The highest BCUT2D eigenvalue weighted by Crippen LogP contribution is 2.31. The van der Waals surface area contributed by atoms with Crippen molar-refractivity contribution in [1.82, 2.24) is 14.8 Å². The second kappa shape index (κ2) is 8.18. The number of aromatic nitrogens is 3. The molecule has 27 heavy (non-hydrogen) atoms. The van der Waals surface area contributed by atoms with Crippen LogP contribution in [0.2, 0.25) is 25.7 Å². The summed E-state index contributed by atoms with van der Waals surface area (Å²) < 4.78 is 26.9. The van der Waals surface area contributed by atoms with Crippen LogP contribution in [0.15, 0.2) is 36.5 Å². The van der Waals surface area contributed by atoms with E-state index in [0.717, 1.165) is 22.7 Å². The molecule has 0 N–H and O–H groups in total. The summed E-state index contributed by atoms with van der Waals surface area (Å²) in [7, 11) is -1.14. The van der Waals surface area contributed by atoms with Crippen molar-refractivity contribution in [3.8, 4) is 17.0 Å². The minimum Gasteiger partial charge on any atom is -0.494 e. The lowest BCUT2D eigenvalue weighted by Gasteiger charge is -2.15. The molecule has 0 aliphatic heterocycles. The lowest BCUT2D eigenvalue weighted by molar-refractivity contribution is 0.0818. The van der Waals surface area contributed by atoms with Crippen molar-refractivity contribution >= 4 is 19.0 Å². The predicted molar refractivity (Wildman–Crippen MR) is 108 cm³/mol. The Morgan fingerprint density at radius 2 is 1.96 bits per heavy atom. The maximum atomic E-state index is 13.6. The molecule has 3 aromatic rings. The zero-order chi connectivity index (χ0) is 19.4. The molecule has 3 rings (SSSR count). The molecule has 2 aromatic heterocycles. The van der Waals surface area contributed by atoms with Crippen LogP contribution in [0.3, 0.4) is 0 Å². The van der Waals surface area contributed by atoms with Crippen LogP contribution >= 0.6 is 0 Å². The van der Waals surface area contributed by atoms with Gasteiger partial charge in [0.1, 0.15) is 18.2 Å². The highest BCUT2D eigenvalue weighted by atomic mass is 28.3. The molecule has 2 heterocycles. The summed E-state index contributed by atoms with van der Waals surface area (Å²) in [6.45, 7) is 10.6. The van der Waals surface area contributed by atoms with Crippen LogP contribution in [0, 0.1) is 5.95 Å². The molecule has 0 spiro atoms. The van der Waals surface area contributed by atoms with Gasteiger partial charge in [-0.2, -0.15) is 9.49 Å². The van der Waals surface area contributed by atoms with E-state index < -0.39 is 14.0 Å². The number of ether oxygens (including phenoxy) is 2. The average molecular weight is 388 g/mol. The number of nitrogens with zero attached hydrogens (tertiary/aromatic N) is 3. The van der Waals surface area contributed by atoms with E-state index in [4.69, 9.17) is 9.47 Å². The van der Waals surface area contributed by atoms with E-state index >= 15 is 0 Å². The Morgan fingerprint density at radius 3 is 2.67 bits per heavy atom. The largest absolute Gasteiger partial charge is 0.494 e. The van der Waals surface area contributed by atoms with Gasteiger partial charge in [0.25, 0.3) is 0 Å². The van der Waals surface area contributed by atoms with Gasteiger partial charge in [-0.15, -0.1) is 0 Å². The third-order valence-corrected chi connectivity index (χ3v) is 5.95. The summed E-state index contributed by atoms with van der Waals surface area (Å²) >= 11 is 0. The van der Waals surface area contributed by atoms with Crippen molar-refractivity contribution in [3.05, 3.63) is 42.5 Å². The van der Waals surface area contributed by atoms with Crippen LogP contribution in [0.4, 0.5) is 4.39 Å². The molecule has 0 saturated heterocycles. The lowest BCUT2D eigenvalue weighted by atomic mass is 10.1. The second-order valence-corrected chi connectivity index (χ2v) is 13.3. The summed E-state index contributed by atoms with van der Waals surface area (Å²) in [5, 5.41) is 5.59. The smallest absolute Gasteiger partial charge is 0.213 e. The fourth-order valence-electron chi connectivity index (χ4n) is 2.81. The molecular weight excluding hydrogens is 361 g/mol. The molecule has 0 aliphatic carbocycles. The minimum atomic E-state index is -1.14. The van der Waals surface area contributed by atoms with Crippen LogP contribution in [-0.4, -0.2) is 36.1 Å². The first-order chi connectivity index (χ1) is 12.9. The van der Waals surface area contributed by atoms with Crippen molar-refractivity contribution in [2.75, 3.05) is 13.2 Å². The molecule has 0 amide bonds. The van der Waals surface area contributed by atoms with Crippen molar-refractivity contribution < 1.29 is 13.9 Å². The molecular formula is C20H26FN3O2Si. The molecule has 5 nitrogen and oxygen atoms in total. The first kappa shape index (κ1) is 19.5. The van der Waals surface area contributed by atoms with Gasteiger partial charge < -0.3 is 9.47 Å². The fraction of sp³-hybridized carbons (Fsp3) is 0.400. The second-order valence-electron chi connectivity index (χ2n) is 7.68. The third kappa shape index (κ3) is 4.93. The van der Waals surface area contributed by atoms with Crippen molar-refractivity contribution in [3.63, 3.8) is 0 Å². The number of benzene rings is 1. The van der Waals surface area contributed by atoms with E-state index in [1.807, 2.05) is 29.8 Å². The zero-order valence-electron chi connectivity index (χ0n) is 16.3. The molecule has 0 fully saturated rings. The lowest BCUT2D eigenvalue weighted by Crippen LogP contribution is -2.22. The van der Waals surface area contributed by atoms with Crippen molar-refractivity contribution in [2.45, 2.75) is 39.3 Å². The first-order valence-electron chi connectivity index (χ1n) is 9.20. The van der Waals surface area contributed by atoms with Gasteiger partial charge in [-0.25, -0.2) is 9.67 Å². The number of pyridine rings is 1. The summed E-state index contributed by atoms with van der Waals surface area (Å²) in [6, 6.07) is 10.1. The quantitative estimate of drug-likeness (QED) is 0.312. The van der Waals surface area contributed by atoms with Crippen LogP contribution in [0.1, 0.15) is 6.92 Å². The Bertz CT molecular complexity index is 921. The summed E-state index contributed by atoms with van der Waals surface area (Å²) in [4.78, 5) is 3.64. The molecule has 0 atom stereocenters. The Morgan fingerprint density at radius 1 is 1.15 bits per heavy atom. The number of fused-ring (bicyclic) bond motifs is 1. The van der Waals surface area contributed by atoms with Gasteiger partial charge in [-0.3, -0.25) is 0 Å². The normalized spacial score (nSPS) is 11.9. The van der Waals surface area contributed by atoms with E-state index in [-0.39, 0.29) is 0 Å². The highest BCUT2D eigenvalue weighted by Gasteiger charge is 2.16. The van der Waals surface area contributed by atoms with Crippen molar-refractivity contribution in [2.24, 2.45) is 0 Å². The van der Waals surface area contributed by atoms with Gasteiger partial charge in [-0.05, 0) is 37.2 Å². The van der Waals surface area contributed by atoms with Crippen LogP contribution < -0.4 is 4.74 Å². The molecule has 144 valence electrons. The third-order valence-electron chi connectivity index (χ3n) is 4.24. The fourth-order valence-corrected chi connectivity index (χ4v) is 3.56. The average Bonchev–Trinajstić information content (AvgIpc) is 2.96. The maximum Gasteiger partial charge on any atom is 0.213 e. The van der Waals surface area contributed by atoms with Gasteiger partial charge >= 0.3 is 0 Å². The molecule has 1 aromatic carbocycles. The monoisotopic (exact) mass is 387 g/mol. The summed E-state index contributed by atoms with van der Waals surface area (Å²) in [5.41, 5.74) is 2.31. The van der Waals surface area contributed by atoms with Gasteiger partial charge in [0, 0.05) is 37.9 Å². The van der Waals surface area contributed by atoms with Gasteiger partial charge in [-0.1, -0.05) is 19.6 Å². The molecule has 0 saturated carbocycles. The SMILES string of the molecule is CCOc1ccc2c(c1)c(-c1ccnc(F)c1)nn2COCC[Si](C)(C)C. The summed E-state index contributed by atoms with van der Waals surface area (Å²) in [6.07, 6.45) is 1.45. The molecule has 0 radical (unpaired) electrons.